The number of fused-ring (bicyclic) bond motifs is 1. The molecule has 180 valence electrons. The number of hydrogen-bond acceptors (Lipinski definition) is 6. The molecule has 4 rings (SSSR count). The maximum absolute atomic E-state index is 12.7. The molecule has 2 atom stereocenters. The number of rotatable bonds is 7. The molecule has 11 heteroatoms. The van der Waals surface area contributed by atoms with Gasteiger partial charge in [-0.25, -0.2) is 15.0 Å². The number of amides is 1. The van der Waals surface area contributed by atoms with Crippen molar-refractivity contribution >= 4 is 52.1 Å². The lowest BCUT2D eigenvalue weighted by molar-refractivity contribution is 0.0930. The molecule has 2 unspecified atom stereocenters. The van der Waals surface area contributed by atoms with Gasteiger partial charge in [0.2, 0.25) is 0 Å². The van der Waals surface area contributed by atoms with Crippen LogP contribution >= 0.6 is 22.9 Å². The fourth-order valence-electron chi connectivity index (χ4n) is 4.55. The van der Waals surface area contributed by atoms with Gasteiger partial charge in [0, 0.05) is 18.5 Å². The molecule has 4 N–H and O–H groups in total. The quantitative estimate of drug-likeness (QED) is 0.251. The van der Waals surface area contributed by atoms with Crippen molar-refractivity contribution in [2.45, 2.75) is 64.5 Å². The molecule has 0 bridgehead atoms. The Kier molecular flexibility index (Phi) is 7.57. The summed E-state index contributed by atoms with van der Waals surface area (Å²) in [5, 5.41) is 10.8. The molecule has 1 fully saturated rings. The molecular weight excluding hydrogens is 472 g/mol. The van der Waals surface area contributed by atoms with Crippen molar-refractivity contribution in [3.8, 4) is 0 Å². The zero-order chi connectivity index (χ0) is 24.2. The standard InChI is InChI=1S/C23H29ClN8OS/c1-13(2)7-20-31-17-10-27-16(21(26)29-12-25)9-18(17)32(20)15-6-4-3-5-14(8-15)30-22(33)23-28-11-19(24)34-23/h9-15H,3-8H2,1-2H3,(H,30,33)(H3,25,26,29). The Hall–Kier alpha value is -2.85. The lowest BCUT2D eigenvalue weighted by atomic mass is 10.0. The Morgan fingerprint density at radius 2 is 2.18 bits per heavy atom. The average molecular weight is 501 g/mol. The van der Waals surface area contributed by atoms with Gasteiger partial charge in [0.1, 0.15) is 27.7 Å². The highest BCUT2D eigenvalue weighted by Gasteiger charge is 2.27. The maximum atomic E-state index is 12.7. The van der Waals surface area contributed by atoms with Crippen molar-refractivity contribution in [2.75, 3.05) is 0 Å². The molecule has 0 saturated heterocycles. The van der Waals surface area contributed by atoms with Crippen LogP contribution in [-0.2, 0) is 6.42 Å². The summed E-state index contributed by atoms with van der Waals surface area (Å²) in [5.74, 6) is 1.46. The zero-order valence-corrected chi connectivity index (χ0v) is 20.9. The number of aliphatic imine (C=N–C) groups is 1. The second kappa shape index (κ2) is 10.6. The average Bonchev–Trinajstić information content (AvgIpc) is 3.30. The number of pyridine rings is 1. The summed E-state index contributed by atoms with van der Waals surface area (Å²) in [4.78, 5) is 30.0. The number of imidazole rings is 1. The molecule has 9 nitrogen and oxygen atoms in total. The third-order valence-electron chi connectivity index (χ3n) is 5.97. The molecule has 3 aromatic heterocycles. The van der Waals surface area contributed by atoms with Crippen LogP contribution in [0.1, 0.15) is 73.3 Å². The van der Waals surface area contributed by atoms with E-state index in [4.69, 9.17) is 27.7 Å². The van der Waals surface area contributed by atoms with Crippen LogP contribution in [-0.4, -0.2) is 43.6 Å². The maximum Gasteiger partial charge on any atom is 0.280 e. The van der Waals surface area contributed by atoms with E-state index in [2.05, 4.69) is 38.7 Å². The number of thiazole rings is 1. The van der Waals surface area contributed by atoms with E-state index in [-0.39, 0.29) is 23.8 Å². The fraction of sp³-hybridized carbons (Fsp3) is 0.478. The number of carbonyl (C=O) groups is 1. The number of nitrogens with two attached hydrogens (primary N) is 1. The van der Waals surface area contributed by atoms with Crippen molar-refractivity contribution in [1.82, 2.24) is 24.8 Å². The van der Waals surface area contributed by atoms with Gasteiger partial charge in [-0.05, 0) is 31.2 Å². The largest absolute Gasteiger partial charge is 0.382 e. The first-order valence-electron chi connectivity index (χ1n) is 11.5. The smallest absolute Gasteiger partial charge is 0.280 e. The summed E-state index contributed by atoms with van der Waals surface area (Å²) >= 11 is 7.15. The highest BCUT2D eigenvalue weighted by Crippen LogP contribution is 2.33. The lowest BCUT2D eigenvalue weighted by Crippen LogP contribution is -2.36. The first-order valence-corrected chi connectivity index (χ1v) is 12.7. The molecule has 0 radical (unpaired) electrons. The number of nitrogens with one attached hydrogen (secondary N) is 2. The van der Waals surface area contributed by atoms with Gasteiger partial charge >= 0.3 is 0 Å². The number of nitrogens with zero attached hydrogens (tertiary/aromatic N) is 5. The number of carbonyl (C=O) groups excluding carboxylic acids is 1. The first-order chi connectivity index (χ1) is 16.4. The predicted octanol–water partition coefficient (Wildman–Crippen LogP) is 4.36. The Bertz CT molecular complexity index is 1220. The summed E-state index contributed by atoms with van der Waals surface area (Å²) in [6.07, 6.45) is 9.78. The van der Waals surface area contributed by atoms with Crippen molar-refractivity contribution < 1.29 is 4.79 Å². The SMILES string of the molecule is CC(C)Cc1nc2cnc(C(N)=NC=N)cc2n1C1CCCCC(NC(=O)c2ncc(Cl)s2)C1. The van der Waals surface area contributed by atoms with Crippen molar-refractivity contribution in [1.29, 1.82) is 5.41 Å². The second-order valence-corrected chi connectivity index (χ2v) is 10.7. The van der Waals surface area contributed by atoms with Gasteiger partial charge in [-0.3, -0.25) is 15.2 Å². The molecule has 0 aliphatic heterocycles. The van der Waals surface area contributed by atoms with Gasteiger partial charge in [-0.15, -0.1) is 0 Å². The van der Waals surface area contributed by atoms with Crippen LogP contribution < -0.4 is 11.1 Å². The van der Waals surface area contributed by atoms with Crippen LogP contribution in [0.3, 0.4) is 0 Å². The van der Waals surface area contributed by atoms with Gasteiger partial charge < -0.3 is 15.6 Å². The minimum absolute atomic E-state index is 0.0258. The van der Waals surface area contributed by atoms with Crippen LogP contribution in [0.2, 0.25) is 4.34 Å². The zero-order valence-electron chi connectivity index (χ0n) is 19.3. The first kappa shape index (κ1) is 24.3. The Morgan fingerprint density at radius 3 is 2.88 bits per heavy atom. The monoisotopic (exact) mass is 500 g/mol. The summed E-state index contributed by atoms with van der Waals surface area (Å²) in [6.45, 7) is 4.36. The molecule has 1 aliphatic rings. The van der Waals surface area contributed by atoms with Gasteiger partial charge in [-0.2, -0.15) is 0 Å². The van der Waals surface area contributed by atoms with E-state index < -0.39 is 0 Å². The normalized spacial score (nSPS) is 19.4. The summed E-state index contributed by atoms with van der Waals surface area (Å²) in [5.41, 5.74) is 8.30. The molecule has 34 heavy (non-hydrogen) atoms. The summed E-state index contributed by atoms with van der Waals surface area (Å²) in [7, 11) is 0. The molecule has 3 aromatic rings. The fourth-order valence-corrected chi connectivity index (χ4v) is 5.36. The van der Waals surface area contributed by atoms with Crippen LogP contribution in [0, 0.1) is 11.3 Å². The van der Waals surface area contributed by atoms with E-state index in [1.807, 2.05) is 6.07 Å². The van der Waals surface area contributed by atoms with Crippen LogP contribution in [0.5, 0.6) is 0 Å². The van der Waals surface area contributed by atoms with E-state index in [1.54, 1.807) is 6.20 Å². The Labute approximate surface area is 207 Å². The Morgan fingerprint density at radius 1 is 1.38 bits per heavy atom. The molecular formula is C23H29ClN8OS. The number of aromatic nitrogens is 4. The molecule has 0 aromatic carbocycles. The van der Waals surface area contributed by atoms with Crippen LogP contribution in [0.4, 0.5) is 0 Å². The molecule has 1 aliphatic carbocycles. The molecule has 1 saturated carbocycles. The second-order valence-electron chi connectivity index (χ2n) is 9.01. The third kappa shape index (κ3) is 5.44. The van der Waals surface area contributed by atoms with Crippen molar-refractivity contribution in [2.24, 2.45) is 16.6 Å². The minimum atomic E-state index is -0.178. The highest BCUT2D eigenvalue weighted by molar-refractivity contribution is 7.17. The summed E-state index contributed by atoms with van der Waals surface area (Å²) in [6, 6.07) is 2.10. The van der Waals surface area contributed by atoms with Gasteiger partial charge in [0.05, 0.1) is 17.9 Å². The van der Waals surface area contributed by atoms with Crippen LogP contribution in [0.25, 0.3) is 11.0 Å². The molecule has 3 heterocycles. The van der Waals surface area contributed by atoms with Crippen molar-refractivity contribution in [3.63, 3.8) is 0 Å². The molecule has 0 spiro atoms. The predicted molar refractivity (Wildman–Crippen MR) is 136 cm³/mol. The minimum Gasteiger partial charge on any atom is -0.382 e. The summed E-state index contributed by atoms with van der Waals surface area (Å²) < 4.78 is 2.81. The Balaban J connectivity index is 1.68. The van der Waals surface area contributed by atoms with E-state index in [0.717, 1.165) is 61.7 Å². The van der Waals surface area contributed by atoms with Crippen molar-refractivity contribution in [3.05, 3.63) is 39.3 Å². The highest BCUT2D eigenvalue weighted by atomic mass is 35.5. The van der Waals surface area contributed by atoms with Gasteiger partial charge in [0.15, 0.2) is 10.8 Å². The number of hydrogen-bond donors (Lipinski definition) is 3. The molecule has 1 amide bonds. The lowest BCUT2D eigenvalue weighted by Gasteiger charge is -2.25. The topological polar surface area (TPSA) is 135 Å². The van der Waals surface area contributed by atoms with E-state index in [9.17, 15) is 4.79 Å². The third-order valence-corrected chi connectivity index (χ3v) is 7.09. The van der Waals surface area contributed by atoms with E-state index in [1.165, 1.54) is 17.5 Å². The van der Waals surface area contributed by atoms with E-state index >= 15 is 0 Å². The van der Waals surface area contributed by atoms with Gasteiger partial charge in [0.25, 0.3) is 5.91 Å². The van der Waals surface area contributed by atoms with Crippen LogP contribution in [0.15, 0.2) is 23.5 Å². The van der Waals surface area contributed by atoms with Gasteiger partial charge in [-0.1, -0.05) is 49.6 Å². The number of halogens is 1. The van der Waals surface area contributed by atoms with E-state index in [0.29, 0.717) is 21.0 Å². The number of amidine groups is 1.